The first-order valence-electron chi connectivity index (χ1n) is 4.31. The van der Waals surface area contributed by atoms with E-state index in [1.165, 1.54) is 19.3 Å². The summed E-state index contributed by atoms with van der Waals surface area (Å²) in [7, 11) is 2.25. The lowest BCUT2D eigenvalue weighted by Gasteiger charge is -2.31. The number of nitrogens with zero attached hydrogens (tertiary/aromatic N) is 1. The normalized spacial score (nSPS) is 33.0. The third kappa shape index (κ3) is 1.20. The van der Waals surface area contributed by atoms with Gasteiger partial charge in [0.15, 0.2) is 0 Å². The zero-order valence-electron chi connectivity index (χ0n) is 7.65. The molecule has 1 heterocycles. The lowest BCUT2D eigenvalue weighted by molar-refractivity contribution is 0.166. The van der Waals surface area contributed by atoms with Crippen molar-refractivity contribution in [1.29, 1.82) is 0 Å². The second-order valence-corrected chi connectivity index (χ2v) is 4.02. The van der Waals surface area contributed by atoms with Gasteiger partial charge in [0, 0.05) is 11.6 Å². The summed E-state index contributed by atoms with van der Waals surface area (Å²) in [6.45, 7) is 6.95. The Morgan fingerprint density at radius 3 is 2.30 bits per heavy atom. The van der Waals surface area contributed by atoms with Crippen molar-refractivity contribution in [2.75, 3.05) is 7.05 Å². The van der Waals surface area contributed by atoms with E-state index in [4.69, 9.17) is 0 Å². The molecule has 0 amide bonds. The molecule has 60 valence electrons. The Hall–Kier alpha value is -0.0400. The quantitative estimate of drug-likeness (QED) is 0.541. The third-order valence-corrected chi connectivity index (χ3v) is 3.06. The van der Waals surface area contributed by atoms with Gasteiger partial charge in [-0.3, -0.25) is 4.90 Å². The molecule has 0 aliphatic carbocycles. The van der Waals surface area contributed by atoms with Crippen molar-refractivity contribution < 1.29 is 0 Å². The van der Waals surface area contributed by atoms with Crippen molar-refractivity contribution in [1.82, 2.24) is 4.90 Å². The molecular formula is C9H19N. The van der Waals surface area contributed by atoms with Gasteiger partial charge < -0.3 is 0 Å². The van der Waals surface area contributed by atoms with Crippen LogP contribution in [0.1, 0.15) is 40.0 Å². The summed E-state index contributed by atoms with van der Waals surface area (Å²) in [5.41, 5.74) is 0.459. The van der Waals surface area contributed by atoms with Crippen molar-refractivity contribution >= 4 is 0 Å². The highest BCUT2D eigenvalue weighted by atomic mass is 15.2. The molecule has 1 unspecified atom stereocenters. The highest BCUT2D eigenvalue weighted by molar-refractivity contribution is 4.91. The average molecular weight is 141 g/mol. The molecule has 1 atom stereocenters. The van der Waals surface area contributed by atoms with E-state index in [0.29, 0.717) is 5.54 Å². The van der Waals surface area contributed by atoms with Gasteiger partial charge in [-0.2, -0.15) is 0 Å². The molecular weight excluding hydrogens is 122 g/mol. The van der Waals surface area contributed by atoms with Crippen LogP contribution in [-0.4, -0.2) is 23.5 Å². The molecule has 1 fully saturated rings. The van der Waals surface area contributed by atoms with Gasteiger partial charge in [0.25, 0.3) is 0 Å². The monoisotopic (exact) mass is 141 g/mol. The van der Waals surface area contributed by atoms with Crippen molar-refractivity contribution in [3.05, 3.63) is 0 Å². The molecule has 1 aliphatic rings. The lowest BCUT2D eigenvalue weighted by atomic mass is 10.0. The van der Waals surface area contributed by atoms with E-state index >= 15 is 0 Å². The Morgan fingerprint density at radius 2 is 2.10 bits per heavy atom. The zero-order chi connectivity index (χ0) is 7.78. The SMILES string of the molecule is CCC1CCC(C)(C)N1C. The van der Waals surface area contributed by atoms with Crippen LogP contribution < -0.4 is 0 Å². The van der Waals surface area contributed by atoms with E-state index in [1.807, 2.05) is 0 Å². The molecule has 0 spiro atoms. The Labute approximate surface area is 64.4 Å². The Bertz CT molecular complexity index is 118. The summed E-state index contributed by atoms with van der Waals surface area (Å²) < 4.78 is 0. The first-order chi connectivity index (χ1) is 4.58. The number of hydrogen-bond acceptors (Lipinski definition) is 1. The minimum atomic E-state index is 0.459. The first kappa shape index (κ1) is 8.06. The molecule has 0 aromatic heterocycles. The predicted octanol–water partition coefficient (Wildman–Crippen LogP) is 2.27. The van der Waals surface area contributed by atoms with Crippen LogP contribution in [0.5, 0.6) is 0 Å². The van der Waals surface area contributed by atoms with E-state index in [9.17, 15) is 0 Å². The lowest BCUT2D eigenvalue weighted by Crippen LogP contribution is -2.39. The summed E-state index contributed by atoms with van der Waals surface area (Å²) >= 11 is 0. The number of likely N-dealkylation sites (tertiary alicyclic amines) is 1. The molecule has 1 aliphatic heterocycles. The molecule has 0 radical (unpaired) electrons. The van der Waals surface area contributed by atoms with Gasteiger partial charge in [0.05, 0.1) is 0 Å². The smallest absolute Gasteiger partial charge is 0.0153 e. The summed E-state index contributed by atoms with van der Waals surface area (Å²) in [6, 6.07) is 0.843. The van der Waals surface area contributed by atoms with E-state index in [-0.39, 0.29) is 0 Å². The Balaban J connectivity index is 2.58. The van der Waals surface area contributed by atoms with Crippen LogP contribution in [0.3, 0.4) is 0 Å². The zero-order valence-corrected chi connectivity index (χ0v) is 7.65. The fourth-order valence-corrected chi connectivity index (χ4v) is 1.86. The molecule has 0 saturated carbocycles. The summed E-state index contributed by atoms with van der Waals surface area (Å²) in [5, 5.41) is 0. The summed E-state index contributed by atoms with van der Waals surface area (Å²) in [4.78, 5) is 2.52. The molecule has 1 heteroatoms. The molecule has 0 bridgehead atoms. The maximum Gasteiger partial charge on any atom is 0.0153 e. The van der Waals surface area contributed by atoms with Crippen LogP contribution in [-0.2, 0) is 0 Å². The second kappa shape index (κ2) is 2.54. The van der Waals surface area contributed by atoms with Gasteiger partial charge in [-0.1, -0.05) is 6.92 Å². The maximum atomic E-state index is 2.52. The van der Waals surface area contributed by atoms with Crippen LogP contribution in [0.4, 0.5) is 0 Å². The fourth-order valence-electron chi connectivity index (χ4n) is 1.86. The minimum absolute atomic E-state index is 0.459. The van der Waals surface area contributed by atoms with Crippen LogP contribution in [0, 0.1) is 0 Å². The molecule has 0 aromatic rings. The molecule has 1 saturated heterocycles. The van der Waals surface area contributed by atoms with Crippen molar-refractivity contribution in [2.24, 2.45) is 0 Å². The van der Waals surface area contributed by atoms with Gasteiger partial charge >= 0.3 is 0 Å². The van der Waals surface area contributed by atoms with Gasteiger partial charge in [0.1, 0.15) is 0 Å². The summed E-state index contributed by atoms with van der Waals surface area (Å²) in [6.07, 6.45) is 4.06. The van der Waals surface area contributed by atoms with Gasteiger partial charge in [0.2, 0.25) is 0 Å². The largest absolute Gasteiger partial charge is 0.298 e. The van der Waals surface area contributed by atoms with Crippen LogP contribution in [0.25, 0.3) is 0 Å². The van der Waals surface area contributed by atoms with Gasteiger partial charge in [-0.05, 0) is 40.2 Å². The second-order valence-electron chi connectivity index (χ2n) is 4.02. The topological polar surface area (TPSA) is 3.24 Å². The number of hydrogen-bond donors (Lipinski definition) is 0. The molecule has 0 aromatic carbocycles. The standard InChI is InChI=1S/C9H19N/c1-5-8-6-7-9(2,3)10(8)4/h8H,5-7H2,1-4H3. The van der Waals surface area contributed by atoms with Crippen LogP contribution in [0.15, 0.2) is 0 Å². The van der Waals surface area contributed by atoms with Crippen LogP contribution in [0.2, 0.25) is 0 Å². The van der Waals surface area contributed by atoms with E-state index < -0.39 is 0 Å². The first-order valence-corrected chi connectivity index (χ1v) is 4.31. The molecule has 10 heavy (non-hydrogen) atoms. The van der Waals surface area contributed by atoms with Crippen molar-refractivity contribution in [2.45, 2.75) is 51.6 Å². The fraction of sp³-hybridized carbons (Fsp3) is 1.00. The van der Waals surface area contributed by atoms with Crippen molar-refractivity contribution in [3.63, 3.8) is 0 Å². The minimum Gasteiger partial charge on any atom is -0.298 e. The van der Waals surface area contributed by atoms with E-state index in [2.05, 4.69) is 32.7 Å². The van der Waals surface area contributed by atoms with E-state index in [0.717, 1.165) is 6.04 Å². The third-order valence-electron chi connectivity index (χ3n) is 3.06. The van der Waals surface area contributed by atoms with Crippen molar-refractivity contribution in [3.8, 4) is 0 Å². The molecule has 0 N–H and O–H groups in total. The predicted molar refractivity (Wildman–Crippen MR) is 45.2 cm³/mol. The van der Waals surface area contributed by atoms with Gasteiger partial charge in [-0.15, -0.1) is 0 Å². The number of rotatable bonds is 1. The van der Waals surface area contributed by atoms with E-state index in [1.54, 1.807) is 0 Å². The highest BCUT2D eigenvalue weighted by Gasteiger charge is 2.34. The molecule has 1 rings (SSSR count). The Kier molecular flexibility index (Phi) is 2.04. The highest BCUT2D eigenvalue weighted by Crippen LogP contribution is 2.32. The average Bonchev–Trinajstić information content (AvgIpc) is 2.10. The van der Waals surface area contributed by atoms with Gasteiger partial charge in [-0.25, -0.2) is 0 Å². The Morgan fingerprint density at radius 1 is 1.50 bits per heavy atom. The molecule has 1 nitrogen and oxygen atoms in total. The summed E-state index contributed by atoms with van der Waals surface area (Å²) in [5.74, 6) is 0. The maximum absolute atomic E-state index is 2.52. The van der Waals surface area contributed by atoms with Crippen LogP contribution >= 0.6 is 0 Å².